The average Bonchev–Trinajstić information content (AvgIpc) is 2.61. The number of hydrogen-bond donors (Lipinski definition) is 2. The first-order valence-corrected chi connectivity index (χ1v) is 7.99. The number of thiocarbonyl (C=S) groups is 1. The zero-order valence-electron chi connectivity index (χ0n) is 14.2. The van der Waals surface area contributed by atoms with Gasteiger partial charge in [-0.2, -0.15) is 0 Å². The third kappa shape index (κ3) is 5.38. The molecule has 2 aromatic carbocycles. The van der Waals surface area contributed by atoms with Gasteiger partial charge in [0.05, 0.1) is 12.0 Å². The standard InChI is InChI=1S/C18H17N3O4S/c1-12-3-7-14(11-16(12)21(23)24)19-18(26)20-17(22)10-6-13-4-8-15(25-2)9-5-13/h3-11H,1-2H3,(H2,19,20,22,26)/b10-6+. The Balaban J connectivity index is 1.94. The maximum atomic E-state index is 11.9. The van der Waals surface area contributed by atoms with Gasteiger partial charge < -0.3 is 10.1 Å². The van der Waals surface area contributed by atoms with Gasteiger partial charge in [-0.3, -0.25) is 20.2 Å². The Labute approximate surface area is 155 Å². The van der Waals surface area contributed by atoms with Gasteiger partial charge in [0.25, 0.3) is 5.69 Å². The molecule has 0 unspecified atom stereocenters. The third-order valence-electron chi connectivity index (χ3n) is 3.44. The van der Waals surface area contributed by atoms with Crippen molar-refractivity contribution in [3.63, 3.8) is 0 Å². The average molecular weight is 371 g/mol. The van der Waals surface area contributed by atoms with Crippen LogP contribution < -0.4 is 15.4 Å². The molecule has 0 radical (unpaired) electrons. The van der Waals surface area contributed by atoms with Crippen molar-refractivity contribution < 1.29 is 14.5 Å². The molecule has 8 heteroatoms. The fourth-order valence-corrected chi connectivity index (χ4v) is 2.31. The number of nitrogens with zero attached hydrogens (tertiary/aromatic N) is 1. The smallest absolute Gasteiger partial charge is 0.274 e. The van der Waals surface area contributed by atoms with Gasteiger partial charge in [0.1, 0.15) is 5.75 Å². The number of nitro benzene ring substituents is 1. The predicted molar refractivity (Wildman–Crippen MR) is 104 cm³/mol. The van der Waals surface area contributed by atoms with E-state index in [1.807, 2.05) is 12.1 Å². The summed E-state index contributed by atoms with van der Waals surface area (Å²) in [6, 6.07) is 11.8. The summed E-state index contributed by atoms with van der Waals surface area (Å²) in [5.41, 5.74) is 1.77. The first-order valence-electron chi connectivity index (χ1n) is 7.58. The molecule has 0 heterocycles. The summed E-state index contributed by atoms with van der Waals surface area (Å²) in [6.07, 6.45) is 2.97. The number of rotatable bonds is 5. The predicted octanol–water partition coefficient (Wildman–Crippen LogP) is 3.44. The topological polar surface area (TPSA) is 93.5 Å². The van der Waals surface area contributed by atoms with E-state index in [0.29, 0.717) is 11.3 Å². The molecule has 134 valence electrons. The van der Waals surface area contributed by atoms with E-state index in [0.717, 1.165) is 11.3 Å². The van der Waals surface area contributed by atoms with Gasteiger partial charge in [-0.25, -0.2) is 0 Å². The minimum atomic E-state index is -0.472. The molecular formula is C18H17N3O4S. The van der Waals surface area contributed by atoms with Crippen molar-refractivity contribution in [1.82, 2.24) is 5.32 Å². The van der Waals surface area contributed by atoms with E-state index in [-0.39, 0.29) is 10.8 Å². The second kappa shape index (κ2) is 8.72. The molecule has 0 saturated heterocycles. The largest absolute Gasteiger partial charge is 0.497 e. The Morgan fingerprint density at radius 1 is 1.23 bits per heavy atom. The first kappa shape index (κ1) is 19.1. The fourth-order valence-electron chi connectivity index (χ4n) is 2.09. The summed E-state index contributed by atoms with van der Waals surface area (Å²) in [5.74, 6) is 0.309. The van der Waals surface area contributed by atoms with Crippen LogP contribution in [-0.4, -0.2) is 23.1 Å². The maximum absolute atomic E-state index is 11.9. The first-order chi connectivity index (χ1) is 12.4. The highest BCUT2D eigenvalue weighted by molar-refractivity contribution is 7.80. The lowest BCUT2D eigenvalue weighted by Gasteiger charge is -2.08. The lowest BCUT2D eigenvalue weighted by Crippen LogP contribution is -2.32. The zero-order valence-corrected chi connectivity index (χ0v) is 15.0. The fraction of sp³-hybridized carbons (Fsp3) is 0.111. The Morgan fingerprint density at radius 2 is 1.92 bits per heavy atom. The number of aryl methyl sites for hydroxylation is 1. The van der Waals surface area contributed by atoms with E-state index >= 15 is 0 Å². The highest BCUT2D eigenvalue weighted by atomic mass is 32.1. The van der Waals surface area contributed by atoms with Crippen LogP contribution in [0.15, 0.2) is 48.5 Å². The SMILES string of the molecule is COc1ccc(/C=C/C(=O)NC(=S)Nc2ccc(C)c([N+](=O)[O-])c2)cc1. The van der Waals surface area contributed by atoms with Crippen molar-refractivity contribution in [1.29, 1.82) is 0 Å². The molecule has 7 nitrogen and oxygen atoms in total. The molecule has 26 heavy (non-hydrogen) atoms. The van der Waals surface area contributed by atoms with Crippen molar-refractivity contribution in [3.05, 3.63) is 69.8 Å². The van der Waals surface area contributed by atoms with Gasteiger partial charge in [0.2, 0.25) is 5.91 Å². The van der Waals surface area contributed by atoms with E-state index in [1.54, 1.807) is 44.4 Å². The number of methoxy groups -OCH3 is 1. The Hall–Kier alpha value is -3.26. The van der Waals surface area contributed by atoms with Crippen molar-refractivity contribution in [2.24, 2.45) is 0 Å². The minimum absolute atomic E-state index is 0.0245. The summed E-state index contributed by atoms with van der Waals surface area (Å²) in [6.45, 7) is 1.64. The monoisotopic (exact) mass is 371 g/mol. The highest BCUT2D eigenvalue weighted by Gasteiger charge is 2.11. The molecule has 0 bridgehead atoms. The molecule has 0 aliphatic carbocycles. The number of nitrogens with one attached hydrogen (secondary N) is 2. The number of carbonyl (C=O) groups is 1. The molecule has 2 aromatic rings. The van der Waals surface area contributed by atoms with Crippen molar-refractivity contribution in [2.45, 2.75) is 6.92 Å². The molecule has 0 aromatic heterocycles. The van der Waals surface area contributed by atoms with Gasteiger partial charge in [-0.05, 0) is 49.0 Å². The second-order valence-electron chi connectivity index (χ2n) is 5.31. The zero-order chi connectivity index (χ0) is 19.1. The van der Waals surface area contributed by atoms with Crippen LogP contribution in [0, 0.1) is 17.0 Å². The summed E-state index contributed by atoms with van der Waals surface area (Å²) < 4.78 is 5.06. The molecule has 0 spiro atoms. The van der Waals surface area contributed by atoms with Crippen molar-refractivity contribution >= 4 is 40.7 Å². The van der Waals surface area contributed by atoms with E-state index in [9.17, 15) is 14.9 Å². The molecular weight excluding hydrogens is 354 g/mol. The quantitative estimate of drug-likeness (QED) is 0.362. The molecule has 0 aliphatic heterocycles. The number of carbonyl (C=O) groups excluding carboxylic acids is 1. The van der Waals surface area contributed by atoms with Gasteiger partial charge in [-0.1, -0.05) is 18.2 Å². The minimum Gasteiger partial charge on any atom is -0.497 e. The summed E-state index contributed by atoms with van der Waals surface area (Å²) >= 11 is 5.05. The van der Waals surface area contributed by atoms with Crippen LogP contribution in [0.25, 0.3) is 6.08 Å². The van der Waals surface area contributed by atoms with Crippen LogP contribution in [-0.2, 0) is 4.79 Å². The van der Waals surface area contributed by atoms with Crippen LogP contribution in [0.5, 0.6) is 5.75 Å². The van der Waals surface area contributed by atoms with Gasteiger partial charge in [0, 0.05) is 23.4 Å². The Kier molecular flexibility index (Phi) is 6.40. The molecule has 0 fully saturated rings. The summed E-state index contributed by atoms with van der Waals surface area (Å²) in [7, 11) is 1.58. The van der Waals surface area contributed by atoms with E-state index in [2.05, 4.69) is 10.6 Å². The normalized spacial score (nSPS) is 10.4. The van der Waals surface area contributed by atoms with Gasteiger partial charge in [-0.15, -0.1) is 0 Å². The lowest BCUT2D eigenvalue weighted by atomic mass is 10.2. The lowest BCUT2D eigenvalue weighted by molar-refractivity contribution is -0.385. The Morgan fingerprint density at radius 3 is 2.54 bits per heavy atom. The number of anilines is 1. The van der Waals surface area contributed by atoms with Gasteiger partial charge >= 0.3 is 0 Å². The molecule has 0 atom stereocenters. The summed E-state index contributed by atoms with van der Waals surface area (Å²) in [5, 5.41) is 16.2. The molecule has 0 aliphatic rings. The highest BCUT2D eigenvalue weighted by Crippen LogP contribution is 2.22. The Bertz CT molecular complexity index is 863. The number of hydrogen-bond acceptors (Lipinski definition) is 5. The molecule has 1 amide bonds. The van der Waals surface area contributed by atoms with Crippen LogP contribution in [0.1, 0.15) is 11.1 Å². The van der Waals surface area contributed by atoms with E-state index in [4.69, 9.17) is 17.0 Å². The summed E-state index contributed by atoms with van der Waals surface area (Å²) in [4.78, 5) is 22.4. The number of benzene rings is 2. The van der Waals surface area contributed by atoms with Gasteiger partial charge in [0.15, 0.2) is 5.11 Å². The number of amides is 1. The van der Waals surface area contributed by atoms with E-state index < -0.39 is 10.8 Å². The van der Waals surface area contributed by atoms with Crippen molar-refractivity contribution in [3.8, 4) is 5.75 Å². The van der Waals surface area contributed by atoms with Crippen LogP contribution in [0.4, 0.5) is 11.4 Å². The van der Waals surface area contributed by atoms with Crippen LogP contribution >= 0.6 is 12.2 Å². The maximum Gasteiger partial charge on any atom is 0.274 e. The molecule has 0 saturated carbocycles. The van der Waals surface area contributed by atoms with E-state index in [1.165, 1.54) is 12.1 Å². The van der Waals surface area contributed by atoms with Crippen LogP contribution in [0.2, 0.25) is 0 Å². The second-order valence-corrected chi connectivity index (χ2v) is 5.72. The third-order valence-corrected chi connectivity index (χ3v) is 3.65. The molecule has 2 N–H and O–H groups in total. The number of ether oxygens (including phenoxy) is 1. The van der Waals surface area contributed by atoms with Crippen molar-refractivity contribution in [2.75, 3.05) is 12.4 Å². The van der Waals surface area contributed by atoms with Crippen LogP contribution in [0.3, 0.4) is 0 Å². The molecule has 2 rings (SSSR count). The number of nitro groups is 1.